The summed E-state index contributed by atoms with van der Waals surface area (Å²) in [4.78, 5) is 16.9. The van der Waals surface area contributed by atoms with E-state index in [1.807, 2.05) is 31.3 Å². The number of carbonyl (C=O) groups excluding carboxylic acids is 1. The van der Waals surface area contributed by atoms with Gasteiger partial charge in [0.05, 0.1) is 13.2 Å². The number of hydrogen-bond donors (Lipinski definition) is 0. The van der Waals surface area contributed by atoms with Crippen molar-refractivity contribution in [3.8, 4) is 11.5 Å². The molecule has 0 aliphatic carbocycles. The molecule has 0 unspecified atom stereocenters. The summed E-state index contributed by atoms with van der Waals surface area (Å²) in [7, 11) is 1.82. The number of aromatic nitrogens is 2. The third-order valence-electron chi connectivity index (χ3n) is 4.84. The van der Waals surface area contributed by atoms with E-state index in [1.165, 1.54) is 6.39 Å². The van der Waals surface area contributed by atoms with Crippen molar-refractivity contribution in [2.75, 3.05) is 38.3 Å². The Morgan fingerprint density at radius 2 is 1.86 bits per heavy atom. The summed E-state index contributed by atoms with van der Waals surface area (Å²) in [5, 5.41) is 7.55. The van der Waals surface area contributed by atoms with Crippen LogP contribution in [0, 0.1) is 0 Å². The van der Waals surface area contributed by atoms with Crippen LogP contribution in [0.2, 0.25) is 0 Å². The fourth-order valence-electron chi connectivity index (χ4n) is 3.36. The van der Waals surface area contributed by atoms with Gasteiger partial charge in [0.15, 0.2) is 0 Å². The van der Waals surface area contributed by atoms with Gasteiger partial charge in [-0.15, -0.1) is 10.2 Å². The first-order valence-corrected chi connectivity index (χ1v) is 9.25. The predicted molar refractivity (Wildman–Crippen MR) is 105 cm³/mol. The fourth-order valence-corrected chi connectivity index (χ4v) is 3.36. The molecule has 0 bridgehead atoms. The van der Waals surface area contributed by atoms with E-state index in [0.29, 0.717) is 18.0 Å². The largest absolute Gasteiger partial charge is 0.423 e. The molecule has 0 N–H and O–H groups in total. The third kappa shape index (κ3) is 3.89. The van der Waals surface area contributed by atoms with Crippen LogP contribution in [-0.2, 0) is 11.3 Å². The summed E-state index contributed by atoms with van der Waals surface area (Å²) in [6.07, 6.45) is 1.29. The van der Waals surface area contributed by atoms with E-state index in [2.05, 4.69) is 27.2 Å². The van der Waals surface area contributed by atoms with Crippen LogP contribution in [0.25, 0.3) is 11.5 Å². The maximum Gasteiger partial charge on any atom is 0.253 e. The van der Waals surface area contributed by atoms with Gasteiger partial charge in [0.25, 0.3) is 5.91 Å². The number of para-hydroxylation sites is 1. The van der Waals surface area contributed by atoms with E-state index in [9.17, 15) is 4.79 Å². The van der Waals surface area contributed by atoms with Crippen LogP contribution >= 0.6 is 0 Å². The maximum absolute atomic E-state index is 12.9. The zero-order valence-corrected chi connectivity index (χ0v) is 15.7. The molecule has 1 amide bonds. The second-order valence-electron chi connectivity index (χ2n) is 6.71. The highest BCUT2D eigenvalue weighted by atomic mass is 16.5. The van der Waals surface area contributed by atoms with E-state index >= 15 is 0 Å². The number of carbonyl (C=O) groups is 1. The highest BCUT2D eigenvalue weighted by Gasteiger charge is 2.18. The molecule has 2 heterocycles. The molecule has 144 valence electrons. The topological polar surface area (TPSA) is 71.7 Å². The Bertz CT molecular complexity index is 919. The molecule has 2 aromatic carbocycles. The molecule has 28 heavy (non-hydrogen) atoms. The van der Waals surface area contributed by atoms with Crippen molar-refractivity contribution in [1.29, 1.82) is 0 Å². The molecule has 1 saturated heterocycles. The van der Waals surface area contributed by atoms with Crippen molar-refractivity contribution < 1.29 is 13.9 Å². The predicted octanol–water partition coefficient (Wildman–Crippen LogP) is 2.85. The number of nitrogens with zero attached hydrogens (tertiary/aromatic N) is 4. The number of amides is 1. The second-order valence-corrected chi connectivity index (χ2v) is 6.71. The second kappa shape index (κ2) is 8.22. The first-order chi connectivity index (χ1) is 13.7. The molecule has 0 atom stereocenters. The molecule has 1 aromatic heterocycles. The molecule has 4 rings (SSSR count). The molecule has 7 heteroatoms. The summed E-state index contributed by atoms with van der Waals surface area (Å²) < 4.78 is 10.6. The SMILES string of the molecule is CN(Cc1ccccc1N1CCOCC1)C(=O)c1ccc(-c2nnco2)cc1. The van der Waals surface area contributed by atoms with Crippen LogP contribution in [0.5, 0.6) is 0 Å². The van der Waals surface area contributed by atoms with Gasteiger partial charge in [-0.1, -0.05) is 18.2 Å². The first kappa shape index (κ1) is 18.2. The number of ether oxygens (including phenoxy) is 1. The standard InChI is InChI=1S/C21H22N4O3/c1-24(14-18-4-2-3-5-19(18)25-10-12-27-13-11-25)21(26)17-8-6-16(7-9-17)20-23-22-15-28-20/h2-9,15H,10-14H2,1H3. The summed E-state index contributed by atoms with van der Waals surface area (Å²) in [5.74, 6) is 0.403. The minimum absolute atomic E-state index is 0.0335. The first-order valence-electron chi connectivity index (χ1n) is 9.25. The average Bonchev–Trinajstić information content (AvgIpc) is 3.29. The van der Waals surface area contributed by atoms with Crippen molar-refractivity contribution in [2.45, 2.75) is 6.54 Å². The Morgan fingerprint density at radius 3 is 2.57 bits per heavy atom. The van der Waals surface area contributed by atoms with Crippen molar-refractivity contribution in [3.05, 3.63) is 66.1 Å². The van der Waals surface area contributed by atoms with Crippen molar-refractivity contribution in [2.24, 2.45) is 0 Å². The van der Waals surface area contributed by atoms with E-state index in [4.69, 9.17) is 9.15 Å². The quantitative estimate of drug-likeness (QED) is 0.680. The fraction of sp³-hybridized carbons (Fsp3) is 0.286. The maximum atomic E-state index is 12.9. The minimum Gasteiger partial charge on any atom is -0.423 e. The van der Waals surface area contributed by atoms with Crippen molar-refractivity contribution in [1.82, 2.24) is 15.1 Å². The van der Waals surface area contributed by atoms with Crippen molar-refractivity contribution >= 4 is 11.6 Å². The van der Waals surface area contributed by atoms with Gasteiger partial charge >= 0.3 is 0 Å². The Hall–Kier alpha value is -3.19. The molecule has 1 fully saturated rings. The third-order valence-corrected chi connectivity index (χ3v) is 4.84. The van der Waals surface area contributed by atoms with Gasteiger partial charge in [-0.05, 0) is 35.9 Å². The monoisotopic (exact) mass is 378 g/mol. The zero-order valence-electron chi connectivity index (χ0n) is 15.7. The summed E-state index contributed by atoms with van der Waals surface area (Å²) in [6.45, 7) is 3.74. The number of hydrogen-bond acceptors (Lipinski definition) is 6. The number of anilines is 1. The minimum atomic E-state index is -0.0335. The van der Waals surface area contributed by atoms with E-state index < -0.39 is 0 Å². The molecular formula is C21H22N4O3. The van der Waals surface area contributed by atoms with Crippen LogP contribution in [0.4, 0.5) is 5.69 Å². The lowest BCUT2D eigenvalue weighted by atomic mass is 10.1. The van der Waals surface area contributed by atoms with Gasteiger partial charge in [0.2, 0.25) is 12.3 Å². The summed E-state index contributed by atoms with van der Waals surface area (Å²) in [6, 6.07) is 15.4. The zero-order chi connectivity index (χ0) is 19.3. The summed E-state index contributed by atoms with van der Waals surface area (Å²) in [5.41, 5.74) is 3.70. The van der Waals surface area contributed by atoms with Crippen molar-refractivity contribution in [3.63, 3.8) is 0 Å². The lowest BCUT2D eigenvalue weighted by Gasteiger charge is -2.31. The van der Waals surface area contributed by atoms with E-state index in [1.54, 1.807) is 17.0 Å². The highest BCUT2D eigenvalue weighted by Crippen LogP contribution is 2.23. The van der Waals surface area contributed by atoms with E-state index in [-0.39, 0.29) is 5.91 Å². The van der Waals surface area contributed by atoms with Crippen LogP contribution in [0.3, 0.4) is 0 Å². The number of morpholine rings is 1. The summed E-state index contributed by atoms with van der Waals surface area (Å²) >= 11 is 0. The normalized spacial score (nSPS) is 14.1. The Kier molecular flexibility index (Phi) is 5.34. The van der Waals surface area contributed by atoms with Gasteiger partial charge in [0, 0.05) is 43.5 Å². The molecule has 1 aliphatic rings. The Morgan fingerprint density at radius 1 is 1.11 bits per heavy atom. The van der Waals surface area contributed by atoms with Crippen LogP contribution < -0.4 is 4.90 Å². The smallest absolute Gasteiger partial charge is 0.253 e. The highest BCUT2D eigenvalue weighted by molar-refractivity contribution is 5.94. The lowest BCUT2D eigenvalue weighted by Crippen LogP contribution is -2.37. The molecule has 0 spiro atoms. The number of rotatable bonds is 5. The van der Waals surface area contributed by atoms with Gasteiger partial charge in [0.1, 0.15) is 0 Å². The Balaban J connectivity index is 1.48. The molecule has 0 radical (unpaired) electrons. The van der Waals surface area contributed by atoms with Gasteiger partial charge in [-0.25, -0.2) is 0 Å². The average molecular weight is 378 g/mol. The van der Waals surface area contributed by atoms with Gasteiger partial charge in [-0.2, -0.15) is 0 Å². The Labute approximate surface area is 163 Å². The molecular weight excluding hydrogens is 356 g/mol. The van der Waals surface area contributed by atoms with Crippen LogP contribution in [0.1, 0.15) is 15.9 Å². The molecule has 7 nitrogen and oxygen atoms in total. The van der Waals surface area contributed by atoms with E-state index in [0.717, 1.165) is 43.1 Å². The van der Waals surface area contributed by atoms with Gasteiger partial charge in [-0.3, -0.25) is 4.79 Å². The lowest BCUT2D eigenvalue weighted by molar-refractivity contribution is 0.0785. The van der Waals surface area contributed by atoms with Crippen LogP contribution in [-0.4, -0.2) is 54.4 Å². The molecule has 0 saturated carbocycles. The molecule has 3 aromatic rings. The number of benzene rings is 2. The van der Waals surface area contributed by atoms with Gasteiger partial charge < -0.3 is 19.0 Å². The molecule has 1 aliphatic heterocycles. The van der Waals surface area contributed by atoms with Crippen LogP contribution in [0.15, 0.2) is 59.3 Å².